The summed E-state index contributed by atoms with van der Waals surface area (Å²) in [5.41, 5.74) is 0.483. The van der Waals surface area contributed by atoms with Crippen molar-refractivity contribution in [1.82, 2.24) is 0 Å². The van der Waals surface area contributed by atoms with Crippen molar-refractivity contribution in [3.8, 4) is 0 Å². The van der Waals surface area contributed by atoms with E-state index in [-0.39, 0.29) is 0 Å². The van der Waals surface area contributed by atoms with Crippen molar-refractivity contribution in [3.63, 3.8) is 0 Å². The molecule has 0 heterocycles. The average Bonchev–Trinajstić information content (AvgIpc) is 2.26. The van der Waals surface area contributed by atoms with Gasteiger partial charge in [0.25, 0.3) is 0 Å². The Balaban J connectivity index is 2.44. The number of benzene rings is 1. The van der Waals surface area contributed by atoms with Crippen LogP contribution >= 0.6 is 0 Å². The predicted octanol–water partition coefficient (Wildman–Crippen LogP) is 2.74. The molecule has 0 saturated carbocycles. The quantitative estimate of drug-likeness (QED) is 0.544. The Labute approximate surface area is 83.6 Å². The van der Waals surface area contributed by atoms with Crippen LogP contribution < -0.4 is 0 Å². The SMILES string of the molecule is CC[C](C)OOC(=O)c1ccccc1. The lowest BCUT2D eigenvalue weighted by molar-refractivity contribution is -0.232. The van der Waals surface area contributed by atoms with E-state index in [4.69, 9.17) is 4.89 Å². The van der Waals surface area contributed by atoms with Crippen LogP contribution in [0.5, 0.6) is 0 Å². The van der Waals surface area contributed by atoms with E-state index in [1.165, 1.54) is 0 Å². The minimum absolute atomic E-state index is 0.474. The Morgan fingerprint density at radius 1 is 1.21 bits per heavy atom. The predicted molar refractivity (Wildman–Crippen MR) is 52.2 cm³/mol. The van der Waals surface area contributed by atoms with Crippen molar-refractivity contribution in [2.45, 2.75) is 20.3 Å². The summed E-state index contributed by atoms with van der Waals surface area (Å²) < 4.78 is 0. The molecule has 1 rings (SSSR count). The number of rotatable bonds is 4. The van der Waals surface area contributed by atoms with Crippen LogP contribution in [0.25, 0.3) is 0 Å². The van der Waals surface area contributed by atoms with E-state index < -0.39 is 5.97 Å². The Morgan fingerprint density at radius 2 is 1.86 bits per heavy atom. The smallest absolute Gasteiger partial charge is 0.292 e. The Bertz CT molecular complexity index is 282. The second kappa shape index (κ2) is 5.40. The maximum Gasteiger partial charge on any atom is 0.373 e. The van der Waals surface area contributed by atoms with Gasteiger partial charge in [0.05, 0.1) is 5.56 Å². The highest BCUT2D eigenvalue weighted by Gasteiger charge is 2.09. The summed E-state index contributed by atoms with van der Waals surface area (Å²) in [6.07, 6.45) is 1.40. The van der Waals surface area contributed by atoms with Crippen molar-refractivity contribution in [2.75, 3.05) is 0 Å². The number of hydrogen-bond donors (Lipinski definition) is 0. The Hall–Kier alpha value is -1.35. The van der Waals surface area contributed by atoms with Gasteiger partial charge >= 0.3 is 5.97 Å². The van der Waals surface area contributed by atoms with Crippen molar-refractivity contribution >= 4 is 5.97 Å². The van der Waals surface area contributed by atoms with Gasteiger partial charge in [0.15, 0.2) is 0 Å². The molecule has 0 aromatic heterocycles. The Morgan fingerprint density at radius 3 is 2.43 bits per heavy atom. The van der Waals surface area contributed by atoms with E-state index in [9.17, 15) is 4.79 Å². The molecular formula is C11H13O3. The molecule has 3 nitrogen and oxygen atoms in total. The zero-order valence-electron chi connectivity index (χ0n) is 8.32. The van der Waals surface area contributed by atoms with Crippen molar-refractivity contribution in [2.24, 2.45) is 0 Å². The highest BCUT2D eigenvalue weighted by molar-refractivity contribution is 5.88. The number of hydrogen-bond acceptors (Lipinski definition) is 3. The van der Waals surface area contributed by atoms with E-state index in [1.807, 2.05) is 13.0 Å². The highest BCUT2D eigenvalue weighted by Crippen LogP contribution is 2.08. The first-order valence-corrected chi connectivity index (χ1v) is 4.50. The topological polar surface area (TPSA) is 35.5 Å². The van der Waals surface area contributed by atoms with Gasteiger partial charge in [-0.1, -0.05) is 25.1 Å². The van der Waals surface area contributed by atoms with E-state index in [0.29, 0.717) is 11.7 Å². The van der Waals surface area contributed by atoms with Gasteiger partial charge in [-0.15, -0.1) is 0 Å². The molecule has 75 valence electrons. The summed E-state index contributed by atoms with van der Waals surface area (Å²) >= 11 is 0. The first-order valence-electron chi connectivity index (χ1n) is 4.50. The zero-order chi connectivity index (χ0) is 10.4. The van der Waals surface area contributed by atoms with Crippen LogP contribution in [-0.4, -0.2) is 5.97 Å². The van der Waals surface area contributed by atoms with Crippen LogP contribution in [0, 0.1) is 6.10 Å². The zero-order valence-corrected chi connectivity index (χ0v) is 8.32. The van der Waals surface area contributed by atoms with Gasteiger partial charge in [0, 0.05) is 0 Å². The first kappa shape index (κ1) is 10.7. The maximum atomic E-state index is 11.3. The molecule has 0 fully saturated rings. The third-order valence-electron chi connectivity index (χ3n) is 1.77. The van der Waals surface area contributed by atoms with Crippen LogP contribution in [0.15, 0.2) is 30.3 Å². The van der Waals surface area contributed by atoms with Crippen LogP contribution in [0.3, 0.4) is 0 Å². The van der Waals surface area contributed by atoms with E-state index in [1.54, 1.807) is 31.2 Å². The minimum Gasteiger partial charge on any atom is -0.292 e. The van der Waals surface area contributed by atoms with Gasteiger partial charge in [0.1, 0.15) is 6.10 Å². The molecule has 0 aliphatic carbocycles. The fourth-order valence-electron chi connectivity index (χ4n) is 0.790. The van der Waals surface area contributed by atoms with E-state index in [0.717, 1.165) is 6.42 Å². The molecule has 0 saturated heterocycles. The summed E-state index contributed by atoms with van der Waals surface area (Å²) in [5.74, 6) is -0.474. The van der Waals surface area contributed by atoms with Gasteiger partial charge in [0.2, 0.25) is 0 Å². The molecule has 3 heteroatoms. The van der Waals surface area contributed by atoms with Crippen LogP contribution in [-0.2, 0) is 9.78 Å². The average molecular weight is 193 g/mol. The molecule has 14 heavy (non-hydrogen) atoms. The molecule has 0 bridgehead atoms. The lowest BCUT2D eigenvalue weighted by atomic mass is 10.2. The monoisotopic (exact) mass is 193 g/mol. The van der Waals surface area contributed by atoms with Gasteiger partial charge in [-0.2, -0.15) is 4.89 Å². The summed E-state index contributed by atoms with van der Waals surface area (Å²) in [7, 11) is 0. The molecule has 0 atom stereocenters. The third-order valence-corrected chi connectivity index (χ3v) is 1.77. The lowest BCUT2D eigenvalue weighted by Crippen LogP contribution is -2.07. The lowest BCUT2D eigenvalue weighted by Gasteiger charge is -2.07. The first-order chi connectivity index (χ1) is 6.74. The van der Waals surface area contributed by atoms with E-state index in [2.05, 4.69) is 4.89 Å². The van der Waals surface area contributed by atoms with Crippen molar-refractivity contribution in [3.05, 3.63) is 42.0 Å². The molecule has 0 N–H and O–H groups in total. The fourth-order valence-corrected chi connectivity index (χ4v) is 0.790. The third kappa shape index (κ3) is 3.18. The van der Waals surface area contributed by atoms with Gasteiger partial charge in [-0.3, -0.25) is 4.89 Å². The number of carbonyl (C=O) groups excluding carboxylic acids is 1. The molecular weight excluding hydrogens is 180 g/mol. The highest BCUT2D eigenvalue weighted by atomic mass is 17.2. The molecule has 1 aromatic carbocycles. The molecule has 0 unspecified atom stereocenters. The summed E-state index contributed by atoms with van der Waals surface area (Å²) in [6.45, 7) is 3.68. The molecule has 1 aromatic rings. The fraction of sp³-hybridized carbons (Fsp3) is 0.273. The molecule has 0 spiro atoms. The van der Waals surface area contributed by atoms with Crippen LogP contribution in [0.1, 0.15) is 30.6 Å². The van der Waals surface area contributed by atoms with Gasteiger partial charge in [-0.25, -0.2) is 4.79 Å². The normalized spacial score (nSPS) is 10.2. The second-order valence-electron chi connectivity index (χ2n) is 2.88. The minimum atomic E-state index is -0.474. The van der Waals surface area contributed by atoms with Gasteiger partial charge < -0.3 is 0 Å². The van der Waals surface area contributed by atoms with Crippen LogP contribution in [0.2, 0.25) is 0 Å². The summed E-state index contributed by atoms with van der Waals surface area (Å²) in [4.78, 5) is 20.7. The molecule has 1 radical (unpaired) electrons. The molecule has 0 aliphatic rings. The second-order valence-corrected chi connectivity index (χ2v) is 2.88. The standard InChI is InChI=1S/C11H13O3/c1-3-9(2)13-14-11(12)10-7-5-4-6-8-10/h4-8H,3H2,1-2H3. The van der Waals surface area contributed by atoms with Gasteiger partial charge in [-0.05, 0) is 25.5 Å². The Kier molecular flexibility index (Phi) is 4.13. The largest absolute Gasteiger partial charge is 0.373 e. The summed E-state index contributed by atoms with van der Waals surface area (Å²) in [6, 6.07) is 8.72. The number of carbonyl (C=O) groups is 1. The summed E-state index contributed by atoms with van der Waals surface area (Å²) in [5, 5.41) is 0. The van der Waals surface area contributed by atoms with Crippen LogP contribution in [0.4, 0.5) is 0 Å². The van der Waals surface area contributed by atoms with Crippen molar-refractivity contribution in [1.29, 1.82) is 0 Å². The van der Waals surface area contributed by atoms with Crippen molar-refractivity contribution < 1.29 is 14.6 Å². The molecule has 0 amide bonds. The maximum absolute atomic E-state index is 11.3. The molecule has 0 aliphatic heterocycles. The van der Waals surface area contributed by atoms with E-state index >= 15 is 0 Å².